The molecule has 1 N–H and O–H groups in total. The lowest BCUT2D eigenvalue weighted by Crippen LogP contribution is -2.25. The van der Waals surface area contributed by atoms with Crippen LogP contribution >= 0.6 is 15.9 Å². The van der Waals surface area contributed by atoms with Crippen LogP contribution in [0.1, 0.15) is 32.9 Å². The molecule has 200 valence electrons. The topological polar surface area (TPSA) is 112 Å². The van der Waals surface area contributed by atoms with E-state index in [0.717, 1.165) is 27.8 Å². The standard InChI is InChI=1S/C28H27BrN6O4/c1-17-12-31-21(13-30-17)14-32-26(36)23-15-33-28(35-9-8-18-10-20(29)4-6-24(18)35)34-27(23)39-16-19-11-22(37-2)5-7-25(19)38-3/h4-7,10-13,15H,8-9,14,16H2,1-3H3,(H,32,36). The van der Waals surface area contributed by atoms with Crippen LogP contribution in [0, 0.1) is 6.92 Å². The molecule has 2 aromatic carbocycles. The third kappa shape index (κ3) is 5.93. The average molecular weight is 591 g/mol. The monoisotopic (exact) mass is 590 g/mol. The summed E-state index contributed by atoms with van der Waals surface area (Å²) >= 11 is 3.54. The summed E-state index contributed by atoms with van der Waals surface area (Å²) in [4.78, 5) is 33.0. The number of fused-ring (bicyclic) bond motifs is 1. The second kappa shape index (κ2) is 11.6. The Balaban J connectivity index is 1.44. The van der Waals surface area contributed by atoms with Gasteiger partial charge >= 0.3 is 0 Å². The van der Waals surface area contributed by atoms with Gasteiger partial charge in [0.25, 0.3) is 5.91 Å². The van der Waals surface area contributed by atoms with E-state index >= 15 is 0 Å². The first kappa shape index (κ1) is 26.4. The number of ether oxygens (including phenoxy) is 3. The molecule has 11 heteroatoms. The van der Waals surface area contributed by atoms with E-state index in [9.17, 15) is 4.79 Å². The number of anilines is 2. The van der Waals surface area contributed by atoms with E-state index in [0.29, 0.717) is 29.7 Å². The quantitative estimate of drug-likeness (QED) is 0.300. The molecular weight excluding hydrogens is 564 g/mol. The zero-order valence-electron chi connectivity index (χ0n) is 21.8. The molecule has 0 bridgehead atoms. The Kier molecular flexibility index (Phi) is 7.87. The van der Waals surface area contributed by atoms with E-state index in [-0.39, 0.29) is 30.5 Å². The van der Waals surface area contributed by atoms with Crippen molar-refractivity contribution in [3.8, 4) is 17.4 Å². The second-order valence-electron chi connectivity index (χ2n) is 8.86. The molecule has 1 aliphatic heterocycles. The van der Waals surface area contributed by atoms with Crippen molar-refractivity contribution >= 4 is 33.5 Å². The number of amides is 1. The van der Waals surface area contributed by atoms with Gasteiger partial charge in [0.1, 0.15) is 23.7 Å². The van der Waals surface area contributed by atoms with Crippen molar-refractivity contribution in [3.63, 3.8) is 0 Å². The molecule has 0 aliphatic carbocycles. The molecule has 0 spiro atoms. The molecule has 39 heavy (non-hydrogen) atoms. The minimum absolute atomic E-state index is 0.101. The van der Waals surface area contributed by atoms with Gasteiger partial charge in [0.2, 0.25) is 11.8 Å². The van der Waals surface area contributed by atoms with Crippen LogP contribution in [0.25, 0.3) is 0 Å². The number of nitrogens with zero attached hydrogens (tertiary/aromatic N) is 5. The van der Waals surface area contributed by atoms with Gasteiger partial charge in [-0.1, -0.05) is 15.9 Å². The highest BCUT2D eigenvalue weighted by Gasteiger charge is 2.25. The third-order valence-corrected chi connectivity index (χ3v) is 6.77. The van der Waals surface area contributed by atoms with Crippen molar-refractivity contribution in [1.29, 1.82) is 0 Å². The number of nitrogens with one attached hydrogen (secondary N) is 1. The minimum atomic E-state index is -0.387. The van der Waals surface area contributed by atoms with E-state index in [4.69, 9.17) is 19.2 Å². The van der Waals surface area contributed by atoms with Crippen molar-refractivity contribution < 1.29 is 19.0 Å². The summed E-state index contributed by atoms with van der Waals surface area (Å²) in [5.74, 6) is 1.51. The van der Waals surface area contributed by atoms with Crippen LogP contribution in [-0.4, -0.2) is 46.6 Å². The zero-order chi connectivity index (χ0) is 27.4. The van der Waals surface area contributed by atoms with Crippen molar-refractivity contribution in [1.82, 2.24) is 25.3 Å². The van der Waals surface area contributed by atoms with Crippen LogP contribution in [0.4, 0.5) is 11.6 Å². The first-order chi connectivity index (χ1) is 18.9. The Hall–Kier alpha value is -4.25. The predicted octanol–water partition coefficient (Wildman–Crippen LogP) is 4.56. The number of methoxy groups -OCH3 is 2. The molecule has 4 aromatic rings. The van der Waals surface area contributed by atoms with Gasteiger partial charge in [-0.2, -0.15) is 4.98 Å². The predicted molar refractivity (Wildman–Crippen MR) is 149 cm³/mol. The van der Waals surface area contributed by atoms with Crippen LogP contribution < -0.4 is 24.4 Å². The Morgan fingerprint density at radius 1 is 1.05 bits per heavy atom. The highest BCUT2D eigenvalue weighted by molar-refractivity contribution is 9.10. The van der Waals surface area contributed by atoms with Gasteiger partial charge in [0.15, 0.2) is 0 Å². The number of carbonyl (C=O) groups excluding carboxylic acids is 1. The SMILES string of the molecule is COc1ccc(OC)c(COc2nc(N3CCc4cc(Br)ccc43)ncc2C(=O)NCc2cnc(C)cn2)c1. The summed E-state index contributed by atoms with van der Waals surface area (Å²) in [5, 5.41) is 2.86. The molecule has 10 nitrogen and oxygen atoms in total. The van der Waals surface area contributed by atoms with Crippen molar-refractivity contribution in [3.05, 3.63) is 87.5 Å². The smallest absolute Gasteiger partial charge is 0.258 e. The number of hydrogen-bond donors (Lipinski definition) is 1. The van der Waals surface area contributed by atoms with Gasteiger partial charge in [-0.3, -0.25) is 14.8 Å². The Morgan fingerprint density at radius 2 is 1.92 bits per heavy atom. The van der Waals surface area contributed by atoms with Gasteiger partial charge in [-0.05, 0) is 55.3 Å². The largest absolute Gasteiger partial charge is 0.497 e. The Bertz CT molecular complexity index is 1500. The molecule has 2 aromatic heterocycles. The first-order valence-corrected chi connectivity index (χ1v) is 13.1. The fourth-order valence-electron chi connectivity index (χ4n) is 4.25. The summed E-state index contributed by atoms with van der Waals surface area (Å²) in [6.45, 7) is 2.87. The van der Waals surface area contributed by atoms with Crippen molar-refractivity contribution in [2.75, 3.05) is 25.7 Å². The van der Waals surface area contributed by atoms with Crippen molar-refractivity contribution in [2.45, 2.75) is 26.5 Å². The van der Waals surface area contributed by atoms with Crippen LogP contribution in [-0.2, 0) is 19.6 Å². The fraction of sp³-hybridized carbons (Fsp3) is 0.250. The summed E-state index contributed by atoms with van der Waals surface area (Å²) < 4.78 is 18.0. The fourth-order valence-corrected chi connectivity index (χ4v) is 4.66. The summed E-state index contributed by atoms with van der Waals surface area (Å²) in [7, 11) is 3.18. The number of carbonyl (C=O) groups is 1. The van der Waals surface area contributed by atoms with Crippen LogP contribution in [0.15, 0.2) is 59.5 Å². The lowest BCUT2D eigenvalue weighted by atomic mass is 10.2. The summed E-state index contributed by atoms with van der Waals surface area (Å²) in [6, 6.07) is 11.5. The molecule has 0 unspecified atom stereocenters. The van der Waals surface area contributed by atoms with Gasteiger partial charge in [0, 0.05) is 34.7 Å². The van der Waals surface area contributed by atoms with Gasteiger partial charge < -0.3 is 24.4 Å². The number of aryl methyl sites for hydroxylation is 1. The third-order valence-electron chi connectivity index (χ3n) is 6.28. The molecule has 0 saturated carbocycles. The highest BCUT2D eigenvalue weighted by atomic mass is 79.9. The number of aromatic nitrogens is 4. The van der Waals surface area contributed by atoms with Crippen LogP contribution in [0.3, 0.4) is 0 Å². The van der Waals surface area contributed by atoms with E-state index in [2.05, 4.69) is 42.3 Å². The summed E-state index contributed by atoms with van der Waals surface area (Å²) in [6.07, 6.45) is 5.63. The number of hydrogen-bond acceptors (Lipinski definition) is 9. The maximum Gasteiger partial charge on any atom is 0.258 e. The molecule has 0 atom stereocenters. The highest BCUT2D eigenvalue weighted by Crippen LogP contribution is 2.35. The first-order valence-electron chi connectivity index (χ1n) is 12.3. The van der Waals surface area contributed by atoms with Gasteiger partial charge in [-0.15, -0.1) is 0 Å². The maximum atomic E-state index is 13.2. The van der Waals surface area contributed by atoms with Gasteiger partial charge in [-0.25, -0.2) is 4.98 Å². The van der Waals surface area contributed by atoms with Crippen molar-refractivity contribution in [2.24, 2.45) is 0 Å². The molecular formula is C28H27BrN6O4. The molecule has 1 amide bonds. The molecule has 0 fully saturated rings. The maximum absolute atomic E-state index is 13.2. The molecule has 5 rings (SSSR count). The van der Waals surface area contributed by atoms with Crippen LogP contribution in [0.2, 0.25) is 0 Å². The van der Waals surface area contributed by atoms with Gasteiger partial charge in [0.05, 0.1) is 38.3 Å². The number of benzene rings is 2. The minimum Gasteiger partial charge on any atom is -0.497 e. The molecule has 0 saturated heterocycles. The normalized spacial score (nSPS) is 12.2. The molecule has 0 radical (unpaired) electrons. The lowest BCUT2D eigenvalue weighted by molar-refractivity contribution is 0.0944. The molecule has 3 heterocycles. The summed E-state index contributed by atoms with van der Waals surface area (Å²) in [5.41, 5.74) is 4.60. The van der Waals surface area contributed by atoms with E-state index < -0.39 is 0 Å². The number of rotatable bonds is 9. The number of halogens is 1. The Morgan fingerprint density at radius 3 is 2.69 bits per heavy atom. The molecule has 1 aliphatic rings. The van der Waals surface area contributed by atoms with E-state index in [1.807, 2.05) is 30.0 Å². The second-order valence-corrected chi connectivity index (χ2v) is 9.78. The zero-order valence-corrected chi connectivity index (χ0v) is 23.4. The van der Waals surface area contributed by atoms with Crippen LogP contribution in [0.5, 0.6) is 17.4 Å². The van der Waals surface area contributed by atoms with E-state index in [1.165, 1.54) is 11.8 Å². The Labute approximate surface area is 234 Å². The average Bonchev–Trinajstić information content (AvgIpc) is 3.38. The lowest BCUT2D eigenvalue weighted by Gasteiger charge is -2.19. The van der Waals surface area contributed by atoms with E-state index in [1.54, 1.807) is 38.7 Å².